The van der Waals surface area contributed by atoms with Crippen molar-refractivity contribution in [2.75, 3.05) is 20.1 Å². The predicted octanol–water partition coefficient (Wildman–Crippen LogP) is 3.83. The fourth-order valence-electron chi connectivity index (χ4n) is 3.82. The molecular weight excluding hydrogens is 322 g/mol. The number of aromatic nitrogens is 1. The fraction of sp³-hybridized carbons (Fsp3) is 0.455. The second-order valence-corrected chi connectivity index (χ2v) is 7.43. The van der Waals surface area contributed by atoms with Gasteiger partial charge in [-0.3, -0.25) is 14.7 Å². The summed E-state index contributed by atoms with van der Waals surface area (Å²) in [6.45, 7) is 6.62. The zero-order chi connectivity index (χ0) is 18.5. The highest BCUT2D eigenvalue weighted by molar-refractivity contribution is 5.95. The molecule has 1 atom stereocenters. The number of amides is 1. The van der Waals surface area contributed by atoms with Crippen LogP contribution >= 0.6 is 0 Å². The van der Waals surface area contributed by atoms with Gasteiger partial charge >= 0.3 is 0 Å². The third-order valence-electron chi connectivity index (χ3n) is 5.36. The molecule has 1 aromatic carbocycles. The Hall–Kier alpha value is -2.20. The molecule has 2 heterocycles. The highest BCUT2D eigenvalue weighted by Crippen LogP contribution is 2.20. The van der Waals surface area contributed by atoms with Crippen LogP contribution in [-0.4, -0.2) is 46.9 Å². The standard InChI is InChI=1S/C22H29N3O/c1-17-9-10-21(18(2)15-17)22(26)25-13-6-8-20(11-14-25)24(3)16-19-7-4-5-12-23-19/h4-5,7,9-10,12,15,20H,6,8,11,13-14,16H2,1-3H3. The van der Waals surface area contributed by atoms with Crippen LogP contribution in [-0.2, 0) is 6.54 Å². The molecular formula is C22H29N3O. The van der Waals surface area contributed by atoms with Crippen molar-refractivity contribution in [2.45, 2.75) is 45.7 Å². The lowest BCUT2D eigenvalue weighted by Crippen LogP contribution is -2.35. The van der Waals surface area contributed by atoms with E-state index in [1.54, 1.807) is 0 Å². The van der Waals surface area contributed by atoms with Crippen molar-refractivity contribution in [3.05, 3.63) is 65.0 Å². The summed E-state index contributed by atoms with van der Waals surface area (Å²) in [5, 5.41) is 0. The van der Waals surface area contributed by atoms with Gasteiger partial charge in [-0.25, -0.2) is 0 Å². The highest BCUT2D eigenvalue weighted by atomic mass is 16.2. The normalized spacial score (nSPS) is 18.0. The summed E-state index contributed by atoms with van der Waals surface area (Å²) in [6, 6.07) is 12.6. The van der Waals surface area contributed by atoms with Crippen molar-refractivity contribution >= 4 is 5.91 Å². The number of hydrogen-bond acceptors (Lipinski definition) is 3. The smallest absolute Gasteiger partial charge is 0.254 e. The van der Waals surface area contributed by atoms with Crippen LogP contribution in [0.5, 0.6) is 0 Å². The molecule has 2 aromatic rings. The fourth-order valence-corrected chi connectivity index (χ4v) is 3.82. The largest absolute Gasteiger partial charge is 0.339 e. The van der Waals surface area contributed by atoms with Gasteiger partial charge in [-0.05, 0) is 63.9 Å². The first kappa shape index (κ1) is 18.6. The third-order valence-corrected chi connectivity index (χ3v) is 5.36. The molecule has 0 radical (unpaired) electrons. The molecule has 1 saturated heterocycles. The summed E-state index contributed by atoms with van der Waals surface area (Å²) in [4.78, 5) is 21.8. The molecule has 26 heavy (non-hydrogen) atoms. The maximum atomic E-state index is 13.0. The number of pyridine rings is 1. The van der Waals surface area contributed by atoms with Crippen molar-refractivity contribution in [2.24, 2.45) is 0 Å². The Morgan fingerprint density at radius 2 is 2.04 bits per heavy atom. The second kappa shape index (κ2) is 8.45. The van der Waals surface area contributed by atoms with E-state index >= 15 is 0 Å². The van der Waals surface area contributed by atoms with Crippen LogP contribution in [0.25, 0.3) is 0 Å². The number of carbonyl (C=O) groups is 1. The molecule has 1 aliphatic heterocycles. The van der Waals surface area contributed by atoms with E-state index in [9.17, 15) is 4.79 Å². The molecule has 0 spiro atoms. The molecule has 3 rings (SSSR count). The molecule has 0 bridgehead atoms. The van der Waals surface area contributed by atoms with Gasteiger partial charge in [-0.15, -0.1) is 0 Å². The minimum Gasteiger partial charge on any atom is -0.339 e. The molecule has 138 valence electrons. The summed E-state index contributed by atoms with van der Waals surface area (Å²) in [7, 11) is 2.17. The van der Waals surface area contributed by atoms with Gasteiger partial charge in [0.1, 0.15) is 0 Å². The van der Waals surface area contributed by atoms with Crippen molar-refractivity contribution in [1.82, 2.24) is 14.8 Å². The average molecular weight is 351 g/mol. The molecule has 4 nitrogen and oxygen atoms in total. The molecule has 4 heteroatoms. The van der Waals surface area contributed by atoms with E-state index in [1.807, 2.05) is 42.3 Å². The van der Waals surface area contributed by atoms with Gasteiger partial charge in [0, 0.05) is 37.4 Å². The molecule has 1 unspecified atom stereocenters. The first-order valence-electron chi connectivity index (χ1n) is 9.51. The summed E-state index contributed by atoms with van der Waals surface area (Å²) in [5.74, 6) is 0.176. The van der Waals surface area contributed by atoms with Crippen LogP contribution in [0.3, 0.4) is 0 Å². The lowest BCUT2D eigenvalue weighted by Gasteiger charge is -2.27. The number of rotatable bonds is 4. The molecule has 0 saturated carbocycles. The molecule has 1 amide bonds. The number of hydrogen-bond donors (Lipinski definition) is 0. The lowest BCUT2D eigenvalue weighted by atomic mass is 10.0. The maximum Gasteiger partial charge on any atom is 0.254 e. The van der Waals surface area contributed by atoms with E-state index in [0.29, 0.717) is 6.04 Å². The second-order valence-electron chi connectivity index (χ2n) is 7.43. The molecule has 1 aromatic heterocycles. The minimum absolute atomic E-state index is 0.176. The van der Waals surface area contributed by atoms with Crippen molar-refractivity contribution < 1.29 is 4.79 Å². The zero-order valence-corrected chi connectivity index (χ0v) is 16.1. The Bertz CT molecular complexity index is 744. The Morgan fingerprint density at radius 3 is 2.77 bits per heavy atom. The minimum atomic E-state index is 0.176. The lowest BCUT2D eigenvalue weighted by molar-refractivity contribution is 0.0756. The van der Waals surface area contributed by atoms with Gasteiger partial charge in [0.2, 0.25) is 0 Å². The number of aryl methyl sites for hydroxylation is 2. The van der Waals surface area contributed by atoms with Crippen LogP contribution in [0.1, 0.15) is 46.4 Å². The van der Waals surface area contributed by atoms with Gasteiger partial charge in [-0.2, -0.15) is 0 Å². The number of likely N-dealkylation sites (tertiary alicyclic amines) is 1. The topological polar surface area (TPSA) is 36.4 Å². The van der Waals surface area contributed by atoms with E-state index in [2.05, 4.69) is 36.0 Å². The molecule has 1 aliphatic rings. The number of carbonyl (C=O) groups excluding carboxylic acids is 1. The van der Waals surface area contributed by atoms with E-state index in [1.165, 1.54) is 5.56 Å². The summed E-state index contributed by atoms with van der Waals surface area (Å²) < 4.78 is 0. The highest BCUT2D eigenvalue weighted by Gasteiger charge is 2.24. The number of nitrogens with zero attached hydrogens (tertiary/aromatic N) is 3. The number of benzene rings is 1. The zero-order valence-electron chi connectivity index (χ0n) is 16.1. The van der Waals surface area contributed by atoms with Gasteiger partial charge in [-0.1, -0.05) is 23.8 Å². The SMILES string of the molecule is Cc1ccc(C(=O)N2CCCC(N(C)Cc3ccccn3)CC2)c(C)c1. The Labute approximate surface area is 156 Å². The van der Waals surface area contributed by atoms with Gasteiger partial charge in [0.15, 0.2) is 0 Å². The van der Waals surface area contributed by atoms with Crippen LogP contribution in [0.2, 0.25) is 0 Å². The monoisotopic (exact) mass is 351 g/mol. The summed E-state index contributed by atoms with van der Waals surface area (Å²) >= 11 is 0. The predicted molar refractivity (Wildman–Crippen MR) is 105 cm³/mol. The third kappa shape index (κ3) is 4.50. The maximum absolute atomic E-state index is 13.0. The van der Waals surface area contributed by atoms with Crippen molar-refractivity contribution in [1.29, 1.82) is 0 Å². The van der Waals surface area contributed by atoms with Crippen LogP contribution in [0.4, 0.5) is 0 Å². The van der Waals surface area contributed by atoms with Crippen LogP contribution in [0, 0.1) is 13.8 Å². The van der Waals surface area contributed by atoms with E-state index < -0.39 is 0 Å². The van der Waals surface area contributed by atoms with E-state index in [-0.39, 0.29) is 5.91 Å². The van der Waals surface area contributed by atoms with Gasteiger partial charge in [0.25, 0.3) is 5.91 Å². The van der Waals surface area contributed by atoms with Crippen LogP contribution in [0.15, 0.2) is 42.6 Å². The molecule has 0 aliphatic carbocycles. The summed E-state index contributed by atoms with van der Waals surface area (Å²) in [6.07, 6.45) is 5.04. The molecule has 1 fully saturated rings. The van der Waals surface area contributed by atoms with Crippen molar-refractivity contribution in [3.8, 4) is 0 Å². The van der Waals surface area contributed by atoms with E-state index in [0.717, 1.165) is 55.7 Å². The van der Waals surface area contributed by atoms with Gasteiger partial charge in [0.05, 0.1) is 5.69 Å². The van der Waals surface area contributed by atoms with Crippen molar-refractivity contribution in [3.63, 3.8) is 0 Å². The first-order valence-corrected chi connectivity index (χ1v) is 9.51. The van der Waals surface area contributed by atoms with E-state index in [4.69, 9.17) is 0 Å². The average Bonchev–Trinajstić information content (AvgIpc) is 2.88. The Balaban J connectivity index is 1.61. The van der Waals surface area contributed by atoms with Crippen LogP contribution < -0.4 is 0 Å². The quantitative estimate of drug-likeness (QED) is 0.840. The molecule has 0 N–H and O–H groups in total. The van der Waals surface area contributed by atoms with Gasteiger partial charge < -0.3 is 4.90 Å². The first-order chi connectivity index (χ1) is 12.5. The summed E-state index contributed by atoms with van der Waals surface area (Å²) in [5.41, 5.74) is 4.22. The Kier molecular flexibility index (Phi) is 6.04. The Morgan fingerprint density at radius 1 is 1.19 bits per heavy atom.